The highest BCUT2D eigenvalue weighted by Gasteiger charge is 2.28. The zero-order valence-electron chi connectivity index (χ0n) is 9.93. The predicted octanol–water partition coefficient (Wildman–Crippen LogP) is -0.0673. The lowest BCUT2D eigenvalue weighted by Crippen LogP contribution is -2.48. The first kappa shape index (κ1) is 11.1. The number of carbonyl (C=O) groups excluding carboxylic acids is 2. The van der Waals surface area contributed by atoms with Gasteiger partial charge in [0.25, 0.3) is 0 Å². The molecule has 7 nitrogen and oxygen atoms in total. The second-order valence-electron chi connectivity index (χ2n) is 4.57. The molecule has 1 aromatic rings. The summed E-state index contributed by atoms with van der Waals surface area (Å²) in [5, 5.41) is 9.71. The molecule has 2 aliphatic heterocycles. The first-order valence-corrected chi connectivity index (χ1v) is 6.10. The van der Waals surface area contributed by atoms with Crippen LogP contribution < -0.4 is 10.6 Å². The van der Waals surface area contributed by atoms with Crippen molar-refractivity contribution in [3.63, 3.8) is 0 Å². The van der Waals surface area contributed by atoms with Gasteiger partial charge in [0.05, 0.1) is 0 Å². The lowest BCUT2D eigenvalue weighted by atomic mass is 10.0. The number of nitrogens with one attached hydrogen (secondary N) is 2. The van der Waals surface area contributed by atoms with Crippen LogP contribution in [0.5, 0.6) is 0 Å². The van der Waals surface area contributed by atoms with Crippen LogP contribution in [0.15, 0.2) is 12.3 Å². The van der Waals surface area contributed by atoms with E-state index in [1.165, 1.54) is 4.90 Å². The Morgan fingerprint density at radius 2 is 2.39 bits per heavy atom. The van der Waals surface area contributed by atoms with Gasteiger partial charge >= 0.3 is 12.1 Å². The molecule has 2 N–H and O–H groups in total. The first-order chi connectivity index (χ1) is 8.74. The minimum atomic E-state index is -0.312. The van der Waals surface area contributed by atoms with Crippen LogP contribution in [0.25, 0.3) is 0 Å². The molecule has 0 saturated carbocycles. The number of amides is 4. The van der Waals surface area contributed by atoms with E-state index in [1.807, 2.05) is 10.7 Å². The number of nitrogens with zero attached hydrogens (tertiary/aromatic N) is 3. The summed E-state index contributed by atoms with van der Waals surface area (Å²) in [4.78, 5) is 24.5. The molecule has 1 aromatic heterocycles. The topological polar surface area (TPSA) is 79.3 Å². The summed E-state index contributed by atoms with van der Waals surface area (Å²) in [7, 11) is 0. The van der Waals surface area contributed by atoms with Gasteiger partial charge in [-0.3, -0.25) is 4.68 Å². The average molecular weight is 249 g/mol. The fraction of sp³-hybridized carbons (Fsp3) is 0.545. The number of urea groups is 2. The Morgan fingerprint density at radius 1 is 1.50 bits per heavy atom. The second-order valence-corrected chi connectivity index (χ2v) is 4.57. The van der Waals surface area contributed by atoms with E-state index in [4.69, 9.17) is 0 Å². The van der Waals surface area contributed by atoms with E-state index in [2.05, 4.69) is 15.7 Å². The molecule has 0 bridgehead atoms. The summed E-state index contributed by atoms with van der Waals surface area (Å²) >= 11 is 0. The number of aromatic nitrogens is 2. The van der Waals surface area contributed by atoms with E-state index in [0.717, 1.165) is 25.1 Å². The summed E-state index contributed by atoms with van der Waals surface area (Å²) in [6.07, 6.45) is 3.38. The Morgan fingerprint density at radius 3 is 3.17 bits per heavy atom. The number of carbonyl (C=O) groups is 2. The van der Waals surface area contributed by atoms with Crippen molar-refractivity contribution in [3.05, 3.63) is 18.0 Å². The molecule has 96 valence electrons. The summed E-state index contributed by atoms with van der Waals surface area (Å²) in [6, 6.07) is 1.42. The van der Waals surface area contributed by atoms with Crippen molar-refractivity contribution in [1.82, 2.24) is 25.3 Å². The van der Waals surface area contributed by atoms with Crippen molar-refractivity contribution in [3.8, 4) is 0 Å². The van der Waals surface area contributed by atoms with Gasteiger partial charge in [-0.2, -0.15) is 5.10 Å². The van der Waals surface area contributed by atoms with Gasteiger partial charge in [0.1, 0.15) is 0 Å². The summed E-state index contributed by atoms with van der Waals surface area (Å²) in [5.74, 6) is 0. The highest BCUT2D eigenvalue weighted by molar-refractivity contribution is 5.95. The van der Waals surface area contributed by atoms with Crippen LogP contribution in [0.3, 0.4) is 0 Å². The largest absolute Gasteiger partial charge is 0.336 e. The normalized spacial score (nSPS) is 22.6. The maximum Gasteiger partial charge on any atom is 0.325 e. The molecule has 0 radical (unpaired) electrons. The quantitative estimate of drug-likeness (QED) is 0.731. The van der Waals surface area contributed by atoms with Crippen molar-refractivity contribution in [1.29, 1.82) is 0 Å². The van der Waals surface area contributed by atoms with Crippen LogP contribution in [0.1, 0.15) is 12.1 Å². The van der Waals surface area contributed by atoms with Crippen LogP contribution in [-0.2, 0) is 13.0 Å². The van der Waals surface area contributed by atoms with Gasteiger partial charge in [-0.1, -0.05) is 0 Å². The van der Waals surface area contributed by atoms with Gasteiger partial charge in [-0.15, -0.1) is 0 Å². The third-order valence-electron chi connectivity index (χ3n) is 3.38. The lowest BCUT2D eigenvalue weighted by Gasteiger charge is -2.25. The van der Waals surface area contributed by atoms with Crippen molar-refractivity contribution in [2.45, 2.75) is 25.4 Å². The fourth-order valence-corrected chi connectivity index (χ4v) is 2.41. The molecule has 0 unspecified atom stereocenters. The Kier molecular flexibility index (Phi) is 2.66. The maximum atomic E-state index is 11.9. The van der Waals surface area contributed by atoms with E-state index in [9.17, 15) is 9.59 Å². The standard InChI is InChI=1S/C11H15N5O2/c17-10-12-4-6-15(10)11(18)14-8-2-5-16-9(7-8)1-3-13-16/h1,3,8H,2,4-7H2,(H,12,17)(H,14,18)/t8-/m0/s1. The summed E-state index contributed by atoms with van der Waals surface area (Å²) in [5.41, 5.74) is 1.12. The fourth-order valence-electron chi connectivity index (χ4n) is 2.41. The van der Waals surface area contributed by atoms with Crippen LogP contribution >= 0.6 is 0 Å². The highest BCUT2D eigenvalue weighted by Crippen LogP contribution is 2.14. The molecule has 0 aliphatic carbocycles. The van der Waals surface area contributed by atoms with Crippen LogP contribution in [-0.4, -0.2) is 45.9 Å². The van der Waals surface area contributed by atoms with E-state index in [0.29, 0.717) is 13.1 Å². The molecule has 4 amide bonds. The third-order valence-corrected chi connectivity index (χ3v) is 3.38. The zero-order valence-corrected chi connectivity index (χ0v) is 9.93. The van der Waals surface area contributed by atoms with Crippen molar-refractivity contribution >= 4 is 12.1 Å². The SMILES string of the molecule is O=C1NCCN1C(=O)N[C@H]1CCn2nccc2C1. The van der Waals surface area contributed by atoms with Crippen molar-refractivity contribution < 1.29 is 9.59 Å². The number of hydrogen-bond acceptors (Lipinski definition) is 3. The average Bonchev–Trinajstić information content (AvgIpc) is 2.96. The van der Waals surface area contributed by atoms with Gasteiger partial charge in [0, 0.05) is 44.0 Å². The molecule has 1 atom stereocenters. The second kappa shape index (κ2) is 4.32. The minimum Gasteiger partial charge on any atom is -0.336 e. The van der Waals surface area contributed by atoms with Crippen LogP contribution in [0.2, 0.25) is 0 Å². The third kappa shape index (κ3) is 1.92. The predicted molar refractivity (Wildman–Crippen MR) is 63.0 cm³/mol. The number of rotatable bonds is 1. The Balaban J connectivity index is 1.61. The van der Waals surface area contributed by atoms with E-state index in [-0.39, 0.29) is 18.1 Å². The molecule has 3 rings (SSSR count). The number of fused-ring (bicyclic) bond motifs is 1. The Hall–Kier alpha value is -2.05. The highest BCUT2D eigenvalue weighted by atomic mass is 16.2. The number of aryl methyl sites for hydroxylation is 1. The van der Waals surface area contributed by atoms with Crippen molar-refractivity contribution in [2.75, 3.05) is 13.1 Å². The van der Waals surface area contributed by atoms with Crippen molar-refractivity contribution in [2.24, 2.45) is 0 Å². The lowest BCUT2D eigenvalue weighted by molar-refractivity contribution is 0.194. The molecule has 0 spiro atoms. The molecular weight excluding hydrogens is 234 g/mol. The smallest absolute Gasteiger partial charge is 0.325 e. The summed E-state index contributed by atoms with van der Waals surface area (Å²) in [6.45, 7) is 1.78. The van der Waals surface area contributed by atoms with Gasteiger partial charge in [0.2, 0.25) is 0 Å². The molecular formula is C11H15N5O2. The van der Waals surface area contributed by atoms with Gasteiger partial charge in [0.15, 0.2) is 0 Å². The monoisotopic (exact) mass is 249 g/mol. The molecule has 0 aromatic carbocycles. The van der Waals surface area contributed by atoms with Gasteiger partial charge in [-0.05, 0) is 12.5 Å². The van der Waals surface area contributed by atoms with Crippen LogP contribution in [0, 0.1) is 0 Å². The summed E-state index contributed by atoms with van der Waals surface area (Å²) < 4.78 is 1.95. The molecule has 3 heterocycles. The molecule has 7 heteroatoms. The molecule has 1 saturated heterocycles. The minimum absolute atomic E-state index is 0.0788. The van der Waals surface area contributed by atoms with E-state index in [1.54, 1.807) is 6.20 Å². The van der Waals surface area contributed by atoms with Crippen LogP contribution in [0.4, 0.5) is 9.59 Å². The maximum absolute atomic E-state index is 11.9. The zero-order chi connectivity index (χ0) is 12.5. The first-order valence-electron chi connectivity index (χ1n) is 6.10. The Labute approximate surface area is 104 Å². The Bertz CT molecular complexity index is 484. The van der Waals surface area contributed by atoms with E-state index >= 15 is 0 Å². The molecule has 18 heavy (non-hydrogen) atoms. The number of imide groups is 1. The van der Waals surface area contributed by atoms with Gasteiger partial charge in [-0.25, -0.2) is 14.5 Å². The number of hydrogen-bond donors (Lipinski definition) is 2. The molecule has 2 aliphatic rings. The molecule has 1 fully saturated rings. The van der Waals surface area contributed by atoms with E-state index < -0.39 is 0 Å². The van der Waals surface area contributed by atoms with Gasteiger partial charge < -0.3 is 10.6 Å².